The lowest BCUT2D eigenvalue weighted by Gasteiger charge is -2.33. The van der Waals surface area contributed by atoms with Gasteiger partial charge in [0.2, 0.25) is 0 Å². The fourth-order valence-corrected chi connectivity index (χ4v) is 3.08. The predicted octanol–water partition coefficient (Wildman–Crippen LogP) is 2.08. The van der Waals surface area contributed by atoms with Crippen molar-refractivity contribution < 1.29 is 4.74 Å². The van der Waals surface area contributed by atoms with E-state index in [-0.39, 0.29) is 0 Å². The summed E-state index contributed by atoms with van der Waals surface area (Å²) in [7, 11) is 0. The van der Waals surface area contributed by atoms with Crippen molar-refractivity contribution in [2.24, 2.45) is 5.73 Å². The SMILES string of the molecule is NCc1ccc2c(c1)CCCN2CC1CCCO1. The van der Waals surface area contributed by atoms with Gasteiger partial charge in [-0.15, -0.1) is 0 Å². The van der Waals surface area contributed by atoms with E-state index in [1.54, 1.807) is 0 Å². The molecular weight excluding hydrogens is 224 g/mol. The monoisotopic (exact) mass is 246 g/mol. The number of nitrogens with two attached hydrogens (primary N) is 1. The molecule has 1 aromatic rings. The van der Waals surface area contributed by atoms with Crippen LogP contribution in [-0.4, -0.2) is 25.8 Å². The van der Waals surface area contributed by atoms with Crippen LogP contribution < -0.4 is 10.6 Å². The van der Waals surface area contributed by atoms with Crippen LogP contribution in [0, 0.1) is 0 Å². The Labute approximate surface area is 109 Å². The standard InChI is InChI=1S/C15H22N2O/c16-10-12-5-6-15-13(9-12)3-1-7-17(15)11-14-4-2-8-18-14/h5-6,9,14H,1-4,7-8,10-11,16H2. The van der Waals surface area contributed by atoms with Gasteiger partial charge in [-0.05, 0) is 42.9 Å². The van der Waals surface area contributed by atoms with Gasteiger partial charge in [0.15, 0.2) is 0 Å². The van der Waals surface area contributed by atoms with Gasteiger partial charge in [-0.25, -0.2) is 0 Å². The van der Waals surface area contributed by atoms with E-state index in [2.05, 4.69) is 23.1 Å². The highest BCUT2D eigenvalue weighted by Crippen LogP contribution is 2.29. The van der Waals surface area contributed by atoms with Crippen LogP contribution in [0.2, 0.25) is 0 Å². The highest BCUT2D eigenvalue weighted by atomic mass is 16.5. The van der Waals surface area contributed by atoms with Crippen molar-refractivity contribution in [3.63, 3.8) is 0 Å². The van der Waals surface area contributed by atoms with E-state index < -0.39 is 0 Å². The summed E-state index contributed by atoms with van der Waals surface area (Å²) in [5, 5.41) is 0. The van der Waals surface area contributed by atoms with E-state index in [0.717, 1.165) is 19.7 Å². The largest absolute Gasteiger partial charge is 0.376 e. The van der Waals surface area contributed by atoms with Crippen LogP contribution in [0.5, 0.6) is 0 Å². The van der Waals surface area contributed by atoms with E-state index in [1.807, 2.05) is 0 Å². The first-order chi connectivity index (χ1) is 8.86. The normalized spacial score (nSPS) is 23.2. The fourth-order valence-electron chi connectivity index (χ4n) is 3.08. The molecule has 2 aliphatic rings. The minimum absolute atomic E-state index is 0.435. The number of rotatable bonds is 3. The van der Waals surface area contributed by atoms with Crippen molar-refractivity contribution in [3.8, 4) is 0 Å². The third kappa shape index (κ3) is 2.38. The summed E-state index contributed by atoms with van der Waals surface area (Å²) in [4.78, 5) is 2.50. The van der Waals surface area contributed by atoms with Crippen molar-refractivity contribution in [1.29, 1.82) is 0 Å². The zero-order chi connectivity index (χ0) is 12.4. The van der Waals surface area contributed by atoms with Crippen molar-refractivity contribution in [2.75, 3.05) is 24.6 Å². The second kappa shape index (κ2) is 5.29. The summed E-state index contributed by atoms with van der Waals surface area (Å²) in [5.74, 6) is 0. The van der Waals surface area contributed by atoms with Gasteiger partial charge in [-0.2, -0.15) is 0 Å². The van der Waals surface area contributed by atoms with Crippen molar-refractivity contribution in [3.05, 3.63) is 29.3 Å². The first-order valence-electron chi connectivity index (χ1n) is 7.05. The van der Waals surface area contributed by atoms with Gasteiger partial charge in [0.25, 0.3) is 0 Å². The summed E-state index contributed by atoms with van der Waals surface area (Å²) in [6, 6.07) is 6.68. The fraction of sp³-hybridized carbons (Fsp3) is 0.600. The summed E-state index contributed by atoms with van der Waals surface area (Å²) in [5.41, 5.74) is 9.82. The first kappa shape index (κ1) is 12.0. The van der Waals surface area contributed by atoms with E-state index in [0.29, 0.717) is 12.6 Å². The van der Waals surface area contributed by atoms with Gasteiger partial charge in [0.1, 0.15) is 0 Å². The molecule has 0 amide bonds. The number of anilines is 1. The molecule has 0 bridgehead atoms. The lowest BCUT2D eigenvalue weighted by Crippen LogP contribution is -2.36. The van der Waals surface area contributed by atoms with Gasteiger partial charge >= 0.3 is 0 Å². The molecule has 3 rings (SSSR count). The molecule has 0 aliphatic carbocycles. The first-order valence-corrected chi connectivity index (χ1v) is 7.05. The maximum Gasteiger partial charge on any atom is 0.0750 e. The van der Waals surface area contributed by atoms with Crippen LogP contribution in [0.4, 0.5) is 5.69 Å². The van der Waals surface area contributed by atoms with Crippen molar-refractivity contribution in [2.45, 2.75) is 38.3 Å². The quantitative estimate of drug-likeness (QED) is 0.887. The molecule has 1 unspecified atom stereocenters. The minimum atomic E-state index is 0.435. The summed E-state index contributed by atoms with van der Waals surface area (Å²) in [6.07, 6.45) is 5.30. The topological polar surface area (TPSA) is 38.5 Å². The van der Waals surface area contributed by atoms with Gasteiger partial charge < -0.3 is 15.4 Å². The number of hydrogen-bond acceptors (Lipinski definition) is 3. The highest BCUT2D eigenvalue weighted by Gasteiger charge is 2.23. The zero-order valence-corrected chi connectivity index (χ0v) is 10.9. The molecule has 1 fully saturated rings. The Balaban J connectivity index is 1.78. The molecule has 2 N–H and O–H groups in total. The van der Waals surface area contributed by atoms with Crippen LogP contribution in [-0.2, 0) is 17.7 Å². The molecule has 1 atom stereocenters. The second-order valence-corrected chi connectivity index (χ2v) is 5.35. The Morgan fingerprint density at radius 3 is 3.06 bits per heavy atom. The van der Waals surface area contributed by atoms with Crippen LogP contribution in [0.15, 0.2) is 18.2 Å². The molecule has 18 heavy (non-hydrogen) atoms. The number of hydrogen-bond donors (Lipinski definition) is 1. The third-order valence-electron chi connectivity index (χ3n) is 4.04. The van der Waals surface area contributed by atoms with Gasteiger partial charge in [0.05, 0.1) is 6.10 Å². The number of ether oxygens (including phenoxy) is 1. The number of aryl methyl sites for hydroxylation is 1. The number of nitrogens with zero attached hydrogens (tertiary/aromatic N) is 1. The maximum atomic E-state index is 5.75. The average molecular weight is 246 g/mol. The number of benzene rings is 1. The lowest BCUT2D eigenvalue weighted by molar-refractivity contribution is 0.115. The summed E-state index contributed by atoms with van der Waals surface area (Å²) >= 11 is 0. The van der Waals surface area contributed by atoms with E-state index in [1.165, 1.54) is 42.5 Å². The molecule has 0 radical (unpaired) electrons. The Kier molecular flexibility index (Phi) is 3.52. The molecular formula is C15H22N2O. The molecule has 0 saturated carbocycles. The molecule has 2 heterocycles. The Morgan fingerprint density at radius 2 is 2.28 bits per heavy atom. The van der Waals surface area contributed by atoms with Gasteiger partial charge in [-0.3, -0.25) is 0 Å². The number of fused-ring (bicyclic) bond motifs is 1. The minimum Gasteiger partial charge on any atom is -0.376 e. The zero-order valence-electron chi connectivity index (χ0n) is 10.9. The average Bonchev–Trinajstić information content (AvgIpc) is 2.91. The smallest absolute Gasteiger partial charge is 0.0750 e. The molecule has 3 nitrogen and oxygen atoms in total. The molecule has 2 aliphatic heterocycles. The molecule has 0 spiro atoms. The van der Waals surface area contributed by atoms with E-state index in [4.69, 9.17) is 10.5 Å². The van der Waals surface area contributed by atoms with Crippen molar-refractivity contribution >= 4 is 5.69 Å². The Morgan fingerprint density at radius 1 is 1.33 bits per heavy atom. The van der Waals surface area contributed by atoms with E-state index >= 15 is 0 Å². The second-order valence-electron chi connectivity index (χ2n) is 5.35. The van der Waals surface area contributed by atoms with Crippen molar-refractivity contribution in [1.82, 2.24) is 0 Å². The predicted molar refractivity (Wildman–Crippen MR) is 73.8 cm³/mol. The van der Waals surface area contributed by atoms with Gasteiger partial charge in [-0.1, -0.05) is 12.1 Å². The Bertz CT molecular complexity index is 413. The maximum absolute atomic E-state index is 5.75. The lowest BCUT2D eigenvalue weighted by atomic mass is 9.98. The van der Waals surface area contributed by atoms with E-state index in [9.17, 15) is 0 Å². The molecule has 1 aromatic carbocycles. The van der Waals surface area contributed by atoms with Crippen LogP contribution in [0.1, 0.15) is 30.4 Å². The molecule has 1 saturated heterocycles. The Hall–Kier alpha value is -1.06. The summed E-state index contributed by atoms with van der Waals surface area (Å²) in [6.45, 7) is 3.79. The third-order valence-corrected chi connectivity index (χ3v) is 4.04. The highest BCUT2D eigenvalue weighted by molar-refractivity contribution is 5.57. The van der Waals surface area contributed by atoms with Crippen LogP contribution in [0.25, 0.3) is 0 Å². The van der Waals surface area contributed by atoms with Crippen LogP contribution >= 0.6 is 0 Å². The summed E-state index contributed by atoms with van der Waals surface area (Å²) < 4.78 is 5.75. The molecule has 0 aromatic heterocycles. The molecule has 3 heteroatoms. The van der Waals surface area contributed by atoms with Crippen LogP contribution in [0.3, 0.4) is 0 Å². The van der Waals surface area contributed by atoms with Gasteiger partial charge in [0, 0.05) is 31.9 Å². The molecule has 98 valence electrons.